The molecule has 1 aliphatic heterocycles. The predicted octanol–water partition coefficient (Wildman–Crippen LogP) is 2.60. The fourth-order valence-corrected chi connectivity index (χ4v) is 2.41. The molecular formula is C14H15ClF3NO3. The van der Waals surface area contributed by atoms with Crippen molar-refractivity contribution < 1.29 is 27.9 Å². The molecule has 0 saturated carbocycles. The summed E-state index contributed by atoms with van der Waals surface area (Å²) in [5.41, 5.74) is -0.916. The number of likely N-dealkylation sites (tertiary alicyclic amines) is 1. The zero-order valence-electron chi connectivity index (χ0n) is 11.5. The summed E-state index contributed by atoms with van der Waals surface area (Å²) in [6.45, 7) is 0.326. The Morgan fingerprint density at radius 3 is 2.45 bits per heavy atom. The van der Waals surface area contributed by atoms with E-state index in [4.69, 9.17) is 5.11 Å². The van der Waals surface area contributed by atoms with E-state index in [1.54, 1.807) is 0 Å². The molecule has 1 fully saturated rings. The van der Waals surface area contributed by atoms with Crippen LogP contribution in [0.5, 0.6) is 0 Å². The quantitative estimate of drug-likeness (QED) is 0.922. The fourth-order valence-electron chi connectivity index (χ4n) is 2.41. The van der Waals surface area contributed by atoms with Crippen LogP contribution in [-0.4, -0.2) is 35.0 Å². The van der Waals surface area contributed by atoms with E-state index < -0.39 is 29.5 Å². The molecule has 122 valence electrons. The van der Waals surface area contributed by atoms with Crippen LogP contribution in [0.1, 0.15) is 17.5 Å². The Morgan fingerprint density at radius 1 is 1.27 bits per heavy atom. The minimum atomic E-state index is -4.51. The number of halogens is 4. The number of carboxylic acid groups (broad SMARTS) is 1. The Morgan fingerprint density at radius 2 is 1.91 bits per heavy atom. The Kier molecular flexibility index (Phi) is 5.82. The number of carbonyl (C=O) groups is 2. The Balaban J connectivity index is 0.00000242. The second-order valence-corrected chi connectivity index (χ2v) is 5.00. The molecule has 0 aliphatic carbocycles. The van der Waals surface area contributed by atoms with Gasteiger partial charge >= 0.3 is 12.1 Å². The van der Waals surface area contributed by atoms with Crippen LogP contribution in [-0.2, 0) is 22.2 Å². The molecule has 1 amide bonds. The molecule has 0 spiro atoms. The summed E-state index contributed by atoms with van der Waals surface area (Å²) in [5, 5.41) is 8.87. The van der Waals surface area contributed by atoms with Crippen molar-refractivity contribution in [2.75, 3.05) is 13.1 Å². The molecule has 0 radical (unpaired) electrons. The zero-order chi connectivity index (χ0) is 15.6. The maximum atomic E-state index is 12.8. The SMILES string of the molecule is Cl.O=C(O)C1CCN(C(=O)Cc2ccccc2C(F)(F)F)C1. The fraction of sp³-hybridized carbons (Fsp3) is 0.429. The smallest absolute Gasteiger partial charge is 0.416 e. The molecule has 4 nitrogen and oxygen atoms in total. The van der Waals surface area contributed by atoms with E-state index >= 15 is 0 Å². The van der Waals surface area contributed by atoms with E-state index in [9.17, 15) is 22.8 Å². The van der Waals surface area contributed by atoms with Crippen molar-refractivity contribution in [3.05, 3.63) is 35.4 Å². The van der Waals surface area contributed by atoms with Gasteiger partial charge in [-0.1, -0.05) is 18.2 Å². The molecule has 1 aromatic rings. The second-order valence-electron chi connectivity index (χ2n) is 5.00. The minimum Gasteiger partial charge on any atom is -0.481 e. The van der Waals surface area contributed by atoms with Gasteiger partial charge < -0.3 is 10.0 Å². The molecule has 0 aromatic heterocycles. The number of aliphatic carboxylic acids is 1. The molecule has 1 heterocycles. The maximum Gasteiger partial charge on any atom is 0.416 e. The second kappa shape index (κ2) is 7.00. The van der Waals surface area contributed by atoms with Gasteiger partial charge in [0.15, 0.2) is 0 Å². The number of benzene rings is 1. The van der Waals surface area contributed by atoms with Crippen LogP contribution in [0.25, 0.3) is 0 Å². The van der Waals surface area contributed by atoms with Gasteiger partial charge in [-0.3, -0.25) is 9.59 Å². The number of alkyl halides is 3. The molecular weight excluding hydrogens is 323 g/mol. The lowest BCUT2D eigenvalue weighted by atomic mass is 10.0. The minimum absolute atomic E-state index is 0. The highest BCUT2D eigenvalue weighted by atomic mass is 35.5. The highest BCUT2D eigenvalue weighted by molar-refractivity contribution is 5.85. The summed E-state index contributed by atoms with van der Waals surface area (Å²) in [6, 6.07) is 4.92. The lowest BCUT2D eigenvalue weighted by Gasteiger charge is -2.18. The van der Waals surface area contributed by atoms with Crippen LogP contribution in [0.2, 0.25) is 0 Å². The number of hydrogen-bond acceptors (Lipinski definition) is 2. The average Bonchev–Trinajstić information content (AvgIpc) is 2.88. The van der Waals surface area contributed by atoms with E-state index in [0.717, 1.165) is 6.07 Å². The van der Waals surface area contributed by atoms with E-state index in [0.29, 0.717) is 6.42 Å². The number of amides is 1. The van der Waals surface area contributed by atoms with Gasteiger partial charge in [-0.15, -0.1) is 12.4 Å². The number of carbonyl (C=O) groups excluding carboxylic acids is 1. The highest BCUT2D eigenvalue weighted by Gasteiger charge is 2.35. The summed E-state index contributed by atoms with van der Waals surface area (Å²) in [6.07, 6.45) is -4.55. The lowest BCUT2D eigenvalue weighted by Crippen LogP contribution is -2.31. The van der Waals surface area contributed by atoms with Crippen molar-refractivity contribution in [1.82, 2.24) is 4.90 Å². The molecule has 1 N–H and O–H groups in total. The largest absolute Gasteiger partial charge is 0.481 e. The Labute approximate surface area is 131 Å². The van der Waals surface area contributed by atoms with Gasteiger partial charge in [0.05, 0.1) is 17.9 Å². The molecule has 1 atom stereocenters. The molecule has 8 heteroatoms. The normalized spacial score (nSPS) is 18.0. The molecule has 2 rings (SSSR count). The number of rotatable bonds is 3. The van der Waals surface area contributed by atoms with Crippen molar-refractivity contribution in [1.29, 1.82) is 0 Å². The van der Waals surface area contributed by atoms with Crippen LogP contribution in [0.15, 0.2) is 24.3 Å². The van der Waals surface area contributed by atoms with Gasteiger partial charge in [0.25, 0.3) is 0 Å². The molecule has 1 saturated heterocycles. The standard InChI is InChI=1S/C14H14F3NO3.ClH/c15-14(16,17)11-4-2-1-3-9(11)7-12(19)18-6-5-10(8-18)13(20)21;/h1-4,10H,5-8H2,(H,20,21);1H. The molecule has 1 aliphatic rings. The predicted molar refractivity (Wildman–Crippen MR) is 74.7 cm³/mol. The van der Waals surface area contributed by atoms with Gasteiger partial charge in [-0.25, -0.2) is 0 Å². The number of hydrogen-bond donors (Lipinski definition) is 1. The first kappa shape index (κ1) is 18.3. The number of carboxylic acids is 1. The topological polar surface area (TPSA) is 57.6 Å². The van der Waals surface area contributed by atoms with Crippen LogP contribution >= 0.6 is 12.4 Å². The lowest BCUT2D eigenvalue weighted by molar-refractivity contribution is -0.141. The first-order chi connectivity index (χ1) is 9.79. The maximum absolute atomic E-state index is 12.8. The van der Waals surface area contributed by atoms with Gasteiger partial charge in [0, 0.05) is 13.1 Å². The van der Waals surface area contributed by atoms with Crippen LogP contribution in [0.3, 0.4) is 0 Å². The van der Waals surface area contributed by atoms with Crippen LogP contribution in [0, 0.1) is 5.92 Å². The van der Waals surface area contributed by atoms with Gasteiger partial charge in [-0.05, 0) is 18.1 Å². The first-order valence-electron chi connectivity index (χ1n) is 6.44. The third kappa shape index (κ3) is 4.13. The Bertz CT molecular complexity index is 563. The van der Waals surface area contributed by atoms with Gasteiger partial charge in [0.1, 0.15) is 0 Å². The summed E-state index contributed by atoms with van der Waals surface area (Å²) >= 11 is 0. The summed E-state index contributed by atoms with van der Waals surface area (Å²) in [7, 11) is 0. The van der Waals surface area contributed by atoms with Gasteiger partial charge in [-0.2, -0.15) is 13.2 Å². The third-order valence-electron chi connectivity index (χ3n) is 3.55. The van der Waals surface area contributed by atoms with Gasteiger partial charge in [0.2, 0.25) is 5.91 Å². The average molecular weight is 338 g/mol. The van der Waals surface area contributed by atoms with Crippen LogP contribution < -0.4 is 0 Å². The van der Waals surface area contributed by atoms with E-state index in [-0.39, 0.29) is 37.5 Å². The summed E-state index contributed by atoms with van der Waals surface area (Å²) < 4.78 is 38.5. The van der Waals surface area contributed by atoms with Crippen molar-refractivity contribution in [2.45, 2.75) is 19.0 Å². The summed E-state index contributed by atoms with van der Waals surface area (Å²) in [5.74, 6) is -2.09. The van der Waals surface area contributed by atoms with Crippen molar-refractivity contribution >= 4 is 24.3 Å². The van der Waals surface area contributed by atoms with Crippen LogP contribution in [0.4, 0.5) is 13.2 Å². The van der Waals surface area contributed by atoms with E-state index in [2.05, 4.69) is 0 Å². The van der Waals surface area contributed by atoms with Crippen molar-refractivity contribution in [2.24, 2.45) is 5.92 Å². The van der Waals surface area contributed by atoms with E-state index in [1.807, 2.05) is 0 Å². The third-order valence-corrected chi connectivity index (χ3v) is 3.55. The number of nitrogens with zero attached hydrogens (tertiary/aromatic N) is 1. The monoisotopic (exact) mass is 337 g/mol. The van der Waals surface area contributed by atoms with Crippen molar-refractivity contribution in [3.63, 3.8) is 0 Å². The first-order valence-corrected chi connectivity index (χ1v) is 6.44. The molecule has 22 heavy (non-hydrogen) atoms. The highest BCUT2D eigenvalue weighted by Crippen LogP contribution is 2.32. The Hall–Kier alpha value is -1.76. The van der Waals surface area contributed by atoms with E-state index in [1.165, 1.54) is 23.1 Å². The molecule has 1 aromatic carbocycles. The zero-order valence-corrected chi connectivity index (χ0v) is 12.3. The van der Waals surface area contributed by atoms with Crippen molar-refractivity contribution in [3.8, 4) is 0 Å². The molecule has 1 unspecified atom stereocenters. The molecule has 0 bridgehead atoms. The summed E-state index contributed by atoms with van der Waals surface area (Å²) in [4.78, 5) is 24.2.